The van der Waals surface area contributed by atoms with E-state index >= 15 is 0 Å². The van der Waals surface area contributed by atoms with E-state index in [1.165, 1.54) is 4.90 Å². The van der Waals surface area contributed by atoms with Crippen molar-refractivity contribution in [3.8, 4) is 0 Å². The van der Waals surface area contributed by atoms with E-state index in [1.54, 1.807) is 6.92 Å². The van der Waals surface area contributed by atoms with Gasteiger partial charge in [-0.3, -0.25) is 14.5 Å². The molecule has 0 spiro atoms. The highest BCUT2D eigenvalue weighted by Crippen LogP contribution is 2.21. The molecule has 0 bridgehead atoms. The van der Waals surface area contributed by atoms with Gasteiger partial charge in [-0.2, -0.15) is 0 Å². The second-order valence-corrected chi connectivity index (χ2v) is 4.46. The Morgan fingerprint density at radius 1 is 1.35 bits per heavy atom. The third-order valence-electron chi connectivity index (χ3n) is 3.08. The number of benzene rings is 1. The van der Waals surface area contributed by atoms with Gasteiger partial charge in [0.25, 0.3) is 0 Å². The van der Waals surface area contributed by atoms with Crippen LogP contribution in [0.4, 0.5) is 0 Å². The Morgan fingerprint density at radius 3 is 2.53 bits per heavy atom. The monoisotopic (exact) mass is 232 g/mol. The summed E-state index contributed by atoms with van der Waals surface area (Å²) in [6.07, 6.45) is 0.306. The molecule has 1 saturated heterocycles. The molecular weight excluding hydrogens is 216 g/mol. The lowest BCUT2D eigenvalue weighted by Gasteiger charge is -2.19. The number of imide groups is 1. The fraction of sp³-hybridized carbons (Fsp3) is 0.385. The molecule has 1 aromatic rings. The molecule has 4 heteroatoms. The van der Waals surface area contributed by atoms with Crippen molar-refractivity contribution < 1.29 is 9.59 Å². The Bertz CT molecular complexity index is 430. The fourth-order valence-corrected chi connectivity index (χ4v) is 2.04. The van der Waals surface area contributed by atoms with Gasteiger partial charge in [0.15, 0.2) is 0 Å². The van der Waals surface area contributed by atoms with Gasteiger partial charge in [-0.05, 0) is 5.56 Å². The normalized spacial score (nSPS) is 22.0. The van der Waals surface area contributed by atoms with Crippen LogP contribution in [0.2, 0.25) is 0 Å². The van der Waals surface area contributed by atoms with Gasteiger partial charge in [0.05, 0.1) is 0 Å². The summed E-state index contributed by atoms with van der Waals surface area (Å²) in [6.45, 7) is 2.04. The van der Waals surface area contributed by atoms with E-state index in [2.05, 4.69) is 0 Å². The predicted octanol–water partition coefficient (Wildman–Crippen LogP) is 1.08. The molecular formula is C13H16N2O2. The number of nitrogens with zero attached hydrogens (tertiary/aromatic N) is 1. The molecule has 0 aliphatic carbocycles. The van der Waals surface area contributed by atoms with E-state index in [-0.39, 0.29) is 30.3 Å². The second-order valence-electron chi connectivity index (χ2n) is 4.46. The quantitative estimate of drug-likeness (QED) is 0.793. The molecule has 90 valence electrons. The number of carbonyl (C=O) groups excluding carboxylic acids is 2. The van der Waals surface area contributed by atoms with Crippen molar-refractivity contribution in [2.24, 2.45) is 11.7 Å². The number of nitrogens with two attached hydrogens (primary N) is 1. The maximum absolute atomic E-state index is 11.7. The molecule has 4 nitrogen and oxygen atoms in total. The number of hydrogen-bond donors (Lipinski definition) is 1. The van der Waals surface area contributed by atoms with Crippen LogP contribution in [-0.2, 0) is 9.59 Å². The van der Waals surface area contributed by atoms with Crippen LogP contribution < -0.4 is 5.73 Å². The lowest BCUT2D eigenvalue weighted by atomic mass is 10.1. The summed E-state index contributed by atoms with van der Waals surface area (Å²) in [5, 5.41) is 0. The number of hydrogen-bond acceptors (Lipinski definition) is 3. The van der Waals surface area contributed by atoms with Gasteiger partial charge >= 0.3 is 0 Å². The zero-order valence-electron chi connectivity index (χ0n) is 9.80. The first kappa shape index (κ1) is 11.8. The average molecular weight is 232 g/mol. The molecule has 1 heterocycles. The molecule has 0 saturated carbocycles. The Labute approximate surface area is 100 Å². The number of rotatable bonds is 3. The van der Waals surface area contributed by atoms with Gasteiger partial charge in [0, 0.05) is 24.9 Å². The van der Waals surface area contributed by atoms with Crippen molar-refractivity contribution in [3.63, 3.8) is 0 Å². The number of carbonyl (C=O) groups is 2. The molecule has 2 unspecified atom stereocenters. The summed E-state index contributed by atoms with van der Waals surface area (Å²) >= 11 is 0. The lowest BCUT2D eigenvalue weighted by molar-refractivity contribution is -0.139. The van der Waals surface area contributed by atoms with Crippen molar-refractivity contribution in [1.82, 2.24) is 4.90 Å². The van der Waals surface area contributed by atoms with E-state index < -0.39 is 0 Å². The molecule has 2 amide bonds. The van der Waals surface area contributed by atoms with Crippen LogP contribution in [0.1, 0.15) is 24.9 Å². The largest absolute Gasteiger partial charge is 0.322 e. The maximum atomic E-state index is 11.7. The second kappa shape index (κ2) is 4.67. The topological polar surface area (TPSA) is 63.4 Å². The van der Waals surface area contributed by atoms with E-state index in [9.17, 15) is 9.59 Å². The highest BCUT2D eigenvalue weighted by Gasteiger charge is 2.36. The first-order valence-electron chi connectivity index (χ1n) is 5.74. The van der Waals surface area contributed by atoms with Crippen molar-refractivity contribution >= 4 is 11.8 Å². The molecule has 2 atom stereocenters. The van der Waals surface area contributed by atoms with E-state index in [0.29, 0.717) is 6.42 Å². The Morgan fingerprint density at radius 2 is 2.00 bits per heavy atom. The minimum Gasteiger partial charge on any atom is -0.322 e. The van der Waals surface area contributed by atoms with E-state index in [0.717, 1.165) is 5.56 Å². The van der Waals surface area contributed by atoms with Crippen LogP contribution in [0.5, 0.6) is 0 Å². The van der Waals surface area contributed by atoms with Gasteiger partial charge in [-0.15, -0.1) is 0 Å². The van der Waals surface area contributed by atoms with Crippen LogP contribution in [0, 0.1) is 5.92 Å². The summed E-state index contributed by atoms with van der Waals surface area (Å²) in [5.41, 5.74) is 6.94. The SMILES string of the molecule is CC1CC(=O)N(CC(N)c2ccccc2)C1=O. The first-order valence-corrected chi connectivity index (χ1v) is 5.74. The van der Waals surface area contributed by atoms with Crippen LogP contribution in [0.25, 0.3) is 0 Å². The third-order valence-corrected chi connectivity index (χ3v) is 3.08. The molecule has 1 fully saturated rings. The van der Waals surface area contributed by atoms with Gasteiger partial charge in [-0.25, -0.2) is 0 Å². The Kier molecular flexibility index (Phi) is 3.24. The number of likely N-dealkylation sites (tertiary alicyclic amines) is 1. The van der Waals surface area contributed by atoms with Crippen molar-refractivity contribution in [1.29, 1.82) is 0 Å². The predicted molar refractivity (Wildman–Crippen MR) is 63.9 cm³/mol. The Balaban J connectivity index is 2.07. The van der Waals surface area contributed by atoms with Gasteiger partial charge in [-0.1, -0.05) is 37.3 Å². The summed E-state index contributed by atoms with van der Waals surface area (Å²) < 4.78 is 0. The smallest absolute Gasteiger partial charge is 0.232 e. The fourth-order valence-electron chi connectivity index (χ4n) is 2.04. The molecule has 1 aliphatic heterocycles. The minimum absolute atomic E-state index is 0.110. The van der Waals surface area contributed by atoms with Crippen molar-refractivity contribution in [2.45, 2.75) is 19.4 Å². The van der Waals surface area contributed by atoms with Gasteiger partial charge in [0.1, 0.15) is 0 Å². The molecule has 1 aliphatic rings. The van der Waals surface area contributed by atoms with E-state index in [1.807, 2.05) is 30.3 Å². The van der Waals surface area contributed by atoms with E-state index in [4.69, 9.17) is 5.73 Å². The van der Waals surface area contributed by atoms with Gasteiger partial charge < -0.3 is 5.73 Å². The maximum Gasteiger partial charge on any atom is 0.232 e. The standard InChI is InChI=1S/C13H16N2O2/c1-9-7-12(16)15(13(9)17)8-11(14)10-5-3-2-4-6-10/h2-6,9,11H,7-8,14H2,1H3. The lowest BCUT2D eigenvalue weighted by Crippen LogP contribution is -2.36. The zero-order valence-corrected chi connectivity index (χ0v) is 9.80. The summed E-state index contributed by atoms with van der Waals surface area (Å²) in [4.78, 5) is 24.6. The first-order chi connectivity index (χ1) is 8.09. The summed E-state index contributed by atoms with van der Waals surface area (Å²) in [6, 6.07) is 9.19. The van der Waals surface area contributed by atoms with Crippen molar-refractivity contribution in [2.75, 3.05) is 6.54 Å². The molecule has 17 heavy (non-hydrogen) atoms. The van der Waals surface area contributed by atoms with Crippen LogP contribution >= 0.6 is 0 Å². The van der Waals surface area contributed by atoms with Crippen LogP contribution in [0.15, 0.2) is 30.3 Å². The summed E-state index contributed by atoms with van der Waals surface area (Å²) in [7, 11) is 0. The molecule has 2 N–H and O–H groups in total. The van der Waals surface area contributed by atoms with Crippen molar-refractivity contribution in [3.05, 3.63) is 35.9 Å². The van der Waals surface area contributed by atoms with Gasteiger partial charge in [0.2, 0.25) is 11.8 Å². The summed E-state index contributed by atoms with van der Waals surface area (Å²) in [5.74, 6) is -0.430. The Hall–Kier alpha value is -1.68. The highest BCUT2D eigenvalue weighted by atomic mass is 16.2. The molecule has 0 radical (unpaired) electrons. The minimum atomic E-state index is -0.311. The third kappa shape index (κ3) is 2.36. The van der Waals surface area contributed by atoms with Crippen LogP contribution in [-0.4, -0.2) is 23.3 Å². The molecule has 1 aromatic carbocycles. The average Bonchev–Trinajstić information content (AvgIpc) is 2.57. The zero-order chi connectivity index (χ0) is 12.4. The van der Waals surface area contributed by atoms with Crippen LogP contribution in [0.3, 0.4) is 0 Å². The molecule has 2 rings (SSSR count). The number of amides is 2. The molecule has 0 aromatic heterocycles. The highest BCUT2D eigenvalue weighted by molar-refractivity contribution is 6.03.